The summed E-state index contributed by atoms with van der Waals surface area (Å²) in [6.45, 7) is 6.97. The van der Waals surface area contributed by atoms with Gasteiger partial charge in [-0.15, -0.1) is 0 Å². The molecule has 4 heteroatoms. The van der Waals surface area contributed by atoms with E-state index in [1.165, 1.54) is 18.2 Å². The zero-order valence-corrected chi connectivity index (χ0v) is 11.9. The maximum absolute atomic E-state index is 12.9. The topological polar surface area (TPSA) is 29.1 Å². The molecule has 94 valence electrons. The molecule has 1 amide bonds. The Morgan fingerprint density at radius 3 is 2.59 bits per heavy atom. The zero-order chi connectivity index (χ0) is 13.1. The Balaban J connectivity index is 2.59. The lowest BCUT2D eigenvalue weighted by Gasteiger charge is -2.18. The predicted molar refractivity (Wildman–Crippen MR) is 70.5 cm³/mol. The Morgan fingerprint density at radius 2 is 2.06 bits per heavy atom. The molecule has 17 heavy (non-hydrogen) atoms. The largest absolute Gasteiger partial charge is 0.352 e. The molecule has 0 aliphatic carbocycles. The molecule has 0 fully saturated rings. The molecule has 1 rings (SSSR count). The van der Waals surface area contributed by atoms with Crippen molar-refractivity contribution in [2.45, 2.75) is 27.2 Å². The van der Waals surface area contributed by atoms with E-state index in [-0.39, 0.29) is 17.1 Å². The van der Waals surface area contributed by atoms with Crippen LogP contribution in [0.1, 0.15) is 37.6 Å². The second-order valence-corrected chi connectivity index (χ2v) is 6.05. The third kappa shape index (κ3) is 4.86. The number of halogens is 2. The van der Waals surface area contributed by atoms with Gasteiger partial charge < -0.3 is 5.32 Å². The molecule has 0 aliphatic rings. The van der Waals surface area contributed by atoms with Crippen molar-refractivity contribution in [2.75, 3.05) is 6.54 Å². The van der Waals surface area contributed by atoms with Crippen LogP contribution in [0.5, 0.6) is 0 Å². The molecule has 0 heterocycles. The lowest BCUT2D eigenvalue weighted by Crippen LogP contribution is -2.27. The fourth-order valence-corrected chi connectivity index (χ4v) is 1.85. The number of carbonyl (C=O) groups is 1. The van der Waals surface area contributed by atoms with Crippen LogP contribution in [0.2, 0.25) is 0 Å². The molecular weight excluding hydrogens is 285 g/mol. The number of hydrogen-bond acceptors (Lipinski definition) is 1. The minimum atomic E-state index is -0.358. The SMILES string of the molecule is CC(C)(C)CCNC(=O)c1ccc(F)cc1Br. The van der Waals surface area contributed by atoms with E-state index >= 15 is 0 Å². The van der Waals surface area contributed by atoms with Crippen molar-refractivity contribution in [3.8, 4) is 0 Å². The number of rotatable bonds is 3. The molecule has 0 saturated heterocycles. The van der Waals surface area contributed by atoms with Crippen LogP contribution >= 0.6 is 15.9 Å². The van der Waals surface area contributed by atoms with Crippen molar-refractivity contribution in [3.05, 3.63) is 34.1 Å². The van der Waals surface area contributed by atoms with Gasteiger partial charge in [-0.1, -0.05) is 20.8 Å². The average molecular weight is 302 g/mol. The molecule has 0 radical (unpaired) electrons. The van der Waals surface area contributed by atoms with Gasteiger partial charge in [-0.3, -0.25) is 4.79 Å². The van der Waals surface area contributed by atoms with Crippen LogP contribution in [0.15, 0.2) is 22.7 Å². The summed E-state index contributed by atoms with van der Waals surface area (Å²) in [7, 11) is 0. The number of benzene rings is 1. The minimum Gasteiger partial charge on any atom is -0.352 e. The highest BCUT2D eigenvalue weighted by molar-refractivity contribution is 9.10. The van der Waals surface area contributed by atoms with Gasteiger partial charge in [-0.2, -0.15) is 0 Å². The first-order valence-corrected chi connectivity index (χ1v) is 6.32. The lowest BCUT2D eigenvalue weighted by molar-refractivity contribution is 0.0948. The smallest absolute Gasteiger partial charge is 0.252 e. The summed E-state index contributed by atoms with van der Waals surface area (Å²) in [5, 5.41) is 2.82. The first-order valence-electron chi connectivity index (χ1n) is 5.53. The summed E-state index contributed by atoms with van der Waals surface area (Å²) in [6.07, 6.45) is 0.900. The van der Waals surface area contributed by atoms with Gasteiger partial charge in [0.25, 0.3) is 5.91 Å². The first kappa shape index (κ1) is 14.2. The monoisotopic (exact) mass is 301 g/mol. The van der Waals surface area contributed by atoms with E-state index in [0.717, 1.165) is 6.42 Å². The van der Waals surface area contributed by atoms with E-state index in [2.05, 4.69) is 42.0 Å². The van der Waals surface area contributed by atoms with E-state index < -0.39 is 0 Å². The Hall–Kier alpha value is -0.900. The molecule has 0 aliphatic heterocycles. The van der Waals surface area contributed by atoms with Gasteiger partial charge in [0, 0.05) is 11.0 Å². The van der Waals surface area contributed by atoms with Gasteiger partial charge in [0.1, 0.15) is 5.82 Å². The number of carbonyl (C=O) groups excluding carboxylic acids is 1. The first-order chi connectivity index (χ1) is 7.79. The van der Waals surface area contributed by atoms with Crippen molar-refractivity contribution in [1.82, 2.24) is 5.32 Å². The standard InChI is InChI=1S/C13H17BrFNO/c1-13(2,3)6-7-16-12(17)10-5-4-9(15)8-11(10)14/h4-5,8H,6-7H2,1-3H3,(H,16,17). The summed E-state index contributed by atoms with van der Waals surface area (Å²) in [6, 6.07) is 4.05. The second kappa shape index (κ2) is 5.63. The lowest BCUT2D eigenvalue weighted by atomic mass is 9.92. The fourth-order valence-electron chi connectivity index (χ4n) is 1.32. The molecule has 0 atom stereocenters. The van der Waals surface area contributed by atoms with E-state index in [9.17, 15) is 9.18 Å². The second-order valence-electron chi connectivity index (χ2n) is 5.19. The molecule has 1 aromatic rings. The molecule has 0 bridgehead atoms. The van der Waals surface area contributed by atoms with Crippen LogP contribution in [-0.4, -0.2) is 12.5 Å². The highest BCUT2D eigenvalue weighted by atomic mass is 79.9. The number of nitrogens with one attached hydrogen (secondary N) is 1. The Labute approximate surface area is 110 Å². The quantitative estimate of drug-likeness (QED) is 0.905. The van der Waals surface area contributed by atoms with Crippen LogP contribution < -0.4 is 5.32 Å². The molecule has 2 nitrogen and oxygen atoms in total. The van der Waals surface area contributed by atoms with Crippen LogP contribution in [0.25, 0.3) is 0 Å². The van der Waals surface area contributed by atoms with Gasteiger partial charge in [-0.05, 0) is 46.0 Å². The molecule has 0 spiro atoms. The Bertz CT molecular complexity index is 412. The zero-order valence-electron chi connectivity index (χ0n) is 10.3. The third-order valence-electron chi connectivity index (χ3n) is 2.34. The number of hydrogen-bond donors (Lipinski definition) is 1. The maximum Gasteiger partial charge on any atom is 0.252 e. The Morgan fingerprint density at radius 1 is 1.41 bits per heavy atom. The van der Waals surface area contributed by atoms with E-state index in [0.29, 0.717) is 16.6 Å². The predicted octanol–water partition coefficient (Wildman–Crippen LogP) is 3.75. The molecule has 1 N–H and O–H groups in total. The van der Waals surface area contributed by atoms with Crippen molar-refractivity contribution >= 4 is 21.8 Å². The average Bonchev–Trinajstić information content (AvgIpc) is 2.15. The Kier molecular flexibility index (Phi) is 4.69. The van der Waals surface area contributed by atoms with Gasteiger partial charge >= 0.3 is 0 Å². The maximum atomic E-state index is 12.9. The molecular formula is C13H17BrFNO. The molecule has 1 aromatic carbocycles. The van der Waals surface area contributed by atoms with E-state index in [1.54, 1.807) is 0 Å². The van der Waals surface area contributed by atoms with Crippen LogP contribution in [0.4, 0.5) is 4.39 Å². The summed E-state index contributed by atoms with van der Waals surface area (Å²) >= 11 is 3.18. The van der Waals surface area contributed by atoms with Crippen molar-refractivity contribution in [1.29, 1.82) is 0 Å². The number of amides is 1. The summed E-state index contributed by atoms with van der Waals surface area (Å²) in [5.74, 6) is -0.538. The van der Waals surface area contributed by atoms with Crippen molar-refractivity contribution in [2.24, 2.45) is 5.41 Å². The minimum absolute atomic E-state index is 0.180. The van der Waals surface area contributed by atoms with Crippen molar-refractivity contribution in [3.63, 3.8) is 0 Å². The molecule has 0 aromatic heterocycles. The summed E-state index contributed by atoms with van der Waals surface area (Å²) in [5.41, 5.74) is 0.646. The third-order valence-corrected chi connectivity index (χ3v) is 2.99. The van der Waals surface area contributed by atoms with Gasteiger partial charge in [0.05, 0.1) is 5.56 Å². The van der Waals surface area contributed by atoms with Crippen LogP contribution in [-0.2, 0) is 0 Å². The van der Waals surface area contributed by atoms with Gasteiger partial charge in [0.2, 0.25) is 0 Å². The van der Waals surface area contributed by atoms with Crippen LogP contribution in [0, 0.1) is 11.2 Å². The van der Waals surface area contributed by atoms with Gasteiger partial charge in [0.15, 0.2) is 0 Å². The molecule has 0 saturated carbocycles. The normalized spacial score (nSPS) is 11.4. The van der Waals surface area contributed by atoms with Gasteiger partial charge in [-0.25, -0.2) is 4.39 Å². The van der Waals surface area contributed by atoms with E-state index in [4.69, 9.17) is 0 Å². The highest BCUT2D eigenvalue weighted by Crippen LogP contribution is 2.19. The van der Waals surface area contributed by atoms with E-state index in [1.807, 2.05) is 0 Å². The summed E-state index contributed by atoms with van der Waals surface area (Å²) < 4.78 is 13.3. The fraction of sp³-hybridized carbons (Fsp3) is 0.462. The summed E-state index contributed by atoms with van der Waals surface area (Å²) in [4.78, 5) is 11.8. The van der Waals surface area contributed by atoms with Crippen LogP contribution in [0.3, 0.4) is 0 Å². The van der Waals surface area contributed by atoms with Crippen molar-refractivity contribution < 1.29 is 9.18 Å². The highest BCUT2D eigenvalue weighted by Gasteiger charge is 2.13. The molecule has 0 unspecified atom stereocenters.